The van der Waals surface area contributed by atoms with Crippen molar-refractivity contribution in [2.24, 2.45) is 7.05 Å². The molecule has 2 N–H and O–H groups in total. The van der Waals surface area contributed by atoms with Gasteiger partial charge in [0.15, 0.2) is 0 Å². The lowest BCUT2D eigenvalue weighted by atomic mass is 10.1. The zero-order valence-corrected chi connectivity index (χ0v) is 16.5. The Morgan fingerprint density at radius 3 is 2.45 bits per heavy atom. The summed E-state index contributed by atoms with van der Waals surface area (Å²) in [7, 11) is 1.51. The minimum atomic E-state index is -4.53. The number of halogens is 3. The van der Waals surface area contributed by atoms with Crippen LogP contribution >= 0.6 is 0 Å². The number of alkyl halides is 3. The van der Waals surface area contributed by atoms with Gasteiger partial charge in [-0.1, -0.05) is 18.2 Å². The summed E-state index contributed by atoms with van der Waals surface area (Å²) in [4.78, 5) is 23.7. The zero-order chi connectivity index (χ0) is 22.8. The average molecular weight is 433 g/mol. The Hall–Kier alpha value is -3.82. The maximum atomic E-state index is 13.0. The molecule has 0 aliphatic rings. The predicted octanol–water partition coefficient (Wildman–Crippen LogP) is 4.17. The fourth-order valence-electron chi connectivity index (χ4n) is 2.90. The smallest absolute Gasteiger partial charge is 0.416 e. The predicted molar refractivity (Wildman–Crippen MR) is 104 cm³/mol. The molecule has 2 aromatic carbocycles. The Balaban J connectivity index is 1.79. The van der Waals surface area contributed by atoms with Crippen molar-refractivity contribution < 1.29 is 32.6 Å². The topological polar surface area (TPSA) is 93.5 Å². The molecule has 0 aliphatic carbocycles. The van der Waals surface area contributed by atoms with E-state index in [2.05, 4.69) is 10.4 Å². The Kier molecular flexibility index (Phi) is 6.00. The van der Waals surface area contributed by atoms with Gasteiger partial charge >= 0.3 is 12.1 Å². The first kappa shape index (κ1) is 21.9. The van der Waals surface area contributed by atoms with Crippen molar-refractivity contribution in [1.29, 1.82) is 0 Å². The summed E-state index contributed by atoms with van der Waals surface area (Å²) in [5.74, 6) is -1.68. The number of amides is 1. The van der Waals surface area contributed by atoms with Gasteiger partial charge in [-0.2, -0.15) is 18.3 Å². The molecule has 1 amide bonds. The van der Waals surface area contributed by atoms with Crippen molar-refractivity contribution >= 4 is 11.9 Å². The molecule has 3 rings (SSSR count). The molecule has 0 fully saturated rings. The molecular weight excluding hydrogens is 415 g/mol. The molecule has 0 radical (unpaired) electrons. The van der Waals surface area contributed by atoms with E-state index in [1.54, 1.807) is 19.1 Å². The number of carbonyl (C=O) groups is 2. The molecule has 0 spiro atoms. The summed E-state index contributed by atoms with van der Waals surface area (Å²) in [6.45, 7) is 1.69. The van der Waals surface area contributed by atoms with Crippen molar-refractivity contribution in [1.82, 2.24) is 15.1 Å². The summed E-state index contributed by atoms with van der Waals surface area (Å²) in [5, 5.41) is 15.7. The second-order valence-corrected chi connectivity index (χ2v) is 6.70. The molecule has 3 aromatic rings. The largest absolute Gasteiger partial charge is 0.478 e. The van der Waals surface area contributed by atoms with Gasteiger partial charge in [-0.05, 0) is 42.8 Å². The number of rotatable bonds is 6. The van der Waals surface area contributed by atoms with Crippen LogP contribution in [0.5, 0.6) is 11.6 Å². The second-order valence-electron chi connectivity index (χ2n) is 6.70. The van der Waals surface area contributed by atoms with Crippen LogP contribution in [-0.4, -0.2) is 26.8 Å². The quantitative estimate of drug-likeness (QED) is 0.609. The van der Waals surface area contributed by atoms with Gasteiger partial charge in [-0.15, -0.1) is 0 Å². The monoisotopic (exact) mass is 433 g/mol. The lowest BCUT2D eigenvalue weighted by Gasteiger charge is -2.12. The number of carbonyl (C=O) groups excluding carboxylic acids is 1. The van der Waals surface area contributed by atoms with Gasteiger partial charge < -0.3 is 15.2 Å². The Morgan fingerprint density at radius 2 is 1.84 bits per heavy atom. The van der Waals surface area contributed by atoms with Gasteiger partial charge in [0.2, 0.25) is 5.88 Å². The molecule has 0 unspecified atom stereocenters. The van der Waals surface area contributed by atoms with Gasteiger partial charge in [-0.25, -0.2) is 9.48 Å². The number of carboxylic acids is 1. The highest BCUT2D eigenvalue weighted by Crippen LogP contribution is 2.33. The molecule has 31 heavy (non-hydrogen) atoms. The number of nitrogens with one attached hydrogen (secondary N) is 1. The third kappa shape index (κ3) is 5.03. The Morgan fingerprint density at radius 1 is 1.16 bits per heavy atom. The van der Waals surface area contributed by atoms with E-state index in [-0.39, 0.29) is 29.3 Å². The summed E-state index contributed by atoms with van der Waals surface area (Å²) in [5.41, 5.74) is 0.333. The number of benzene rings is 2. The number of hydrogen-bond donors (Lipinski definition) is 2. The maximum Gasteiger partial charge on any atom is 0.416 e. The minimum Gasteiger partial charge on any atom is -0.478 e. The number of hydrogen-bond acceptors (Lipinski definition) is 4. The Bertz CT molecular complexity index is 1120. The fourth-order valence-corrected chi connectivity index (χ4v) is 2.90. The third-order valence-electron chi connectivity index (χ3n) is 4.43. The van der Waals surface area contributed by atoms with Crippen LogP contribution in [0.2, 0.25) is 0 Å². The first-order chi connectivity index (χ1) is 14.6. The average Bonchev–Trinajstić information content (AvgIpc) is 2.99. The minimum absolute atomic E-state index is 0.00412. The van der Waals surface area contributed by atoms with E-state index in [1.165, 1.54) is 36.0 Å². The van der Waals surface area contributed by atoms with E-state index < -0.39 is 23.6 Å². The number of carboxylic acid groups (broad SMARTS) is 1. The third-order valence-corrected chi connectivity index (χ3v) is 4.43. The van der Waals surface area contributed by atoms with Crippen molar-refractivity contribution in [3.05, 3.63) is 76.5 Å². The molecule has 162 valence electrons. The summed E-state index contributed by atoms with van der Waals surface area (Å²) in [6, 6.07) is 10.3. The van der Waals surface area contributed by atoms with Gasteiger partial charge in [0.25, 0.3) is 5.91 Å². The van der Waals surface area contributed by atoms with E-state index in [9.17, 15) is 22.8 Å². The molecule has 7 nitrogen and oxygen atoms in total. The van der Waals surface area contributed by atoms with Crippen LogP contribution in [0.3, 0.4) is 0 Å². The molecule has 0 saturated carbocycles. The number of ether oxygens (including phenoxy) is 1. The molecule has 0 atom stereocenters. The fraction of sp³-hybridized carbons (Fsp3) is 0.190. The second kappa shape index (κ2) is 8.50. The molecule has 0 aliphatic heterocycles. The highest BCUT2D eigenvalue weighted by molar-refractivity contribution is 5.97. The van der Waals surface area contributed by atoms with Crippen LogP contribution in [0, 0.1) is 6.92 Å². The number of aromatic nitrogens is 2. The van der Waals surface area contributed by atoms with E-state index in [0.717, 1.165) is 12.1 Å². The van der Waals surface area contributed by atoms with E-state index in [0.29, 0.717) is 11.3 Å². The van der Waals surface area contributed by atoms with Crippen LogP contribution in [-0.2, 0) is 19.8 Å². The summed E-state index contributed by atoms with van der Waals surface area (Å²) < 4.78 is 45.7. The summed E-state index contributed by atoms with van der Waals surface area (Å²) >= 11 is 0. The standard InChI is InChI=1S/C21H18F3N3O4/c1-12-17(18(28)25-11-13-6-8-14(9-7-13)20(29)30)19(27(2)26-12)31-16-5-3-4-15(10-16)21(22,23)24/h3-10H,11H2,1-2H3,(H,25,28)(H,29,30). The first-order valence-electron chi connectivity index (χ1n) is 9.05. The highest BCUT2D eigenvalue weighted by atomic mass is 19.4. The Labute approximate surface area is 175 Å². The van der Waals surface area contributed by atoms with Crippen LogP contribution in [0.25, 0.3) is 0 Å². The van der Waals surface area contributed by atoms with Gasteiger partial charge in [-0.3, -0.25) is 4.79 Å². The lowest BCUT2D eigenvalue weighted by molar-refractivity contribution is -0.137. The number of aromatic carboxylic acids is 1. The van der Waals surface area contributed by atoms with Gasteiger partial charge in [0.05, 0.1) is 16.8 Å². The normalized spacial score (nSPS) is 11.3. The molecule has 10 heteroatoms. The molecule has 0 saturated heterocycles. The number of aryl methyl sites for hydroxylation is 2. The first-order valence-corrected chi connectivity index (χ1v) is 9.05. The summed E-state index contributed by atoms with van der Waals surface area (Å²) in [6.07, 6.45) is -4.53. The van der Waals surface area contributed by atoms with Crippen molar-refractivity contribution in [3.8, 4) is 11.6 Å². The SMILES string of the molecule is Cc1nn(C)c(Oc2cccc(C(F)(F)F)c2)c1C(=O)NCc1ccc(C(=O)O)cc1. The molecule has 0 bridgehead atoms. The zero-order valence-electron chi connectivity index (χ0n) is 16.5. The number of nitrogens with zero attached hydrogens (tertiary/aromatic N) is 2. The van der Waals surface area contributed by atoms with E-state index in [4.69, 9.17) is 9.84 Å². The van der Waals surface area contributed by atoms with Gasteiger partial charge in [0.1, 0.15) is 11.3 Å². The van der Waals surface area contributed by atoms with E-state index in [1.807, 2.05) is 0 Å². The molecule has 1 heterocycles. The molecule has 1 aromatic heterocycles. The van der Waals surface area contributed by atoms with Crippen molar-refractivity contribution in [3.63, 3.8) is 0 Å². The van der Waals surface area contributed by atoms with Crippen LogP contribution < -0.4 is 10.1 Å². The lowest BCUT2D eigenvalue weighted by Crippen LogP contribution is -2.23. The van der Waals surface area contributed by atoms with Crippen LogP contribution in [0.4, 0.5) is 13.2 Å². The van der Waals surface area contributed by atoms with Crippen LogP contribution in [0.15, 0.2) is 48.5 Å². The van der Waals surface area contributed by atoms with Gasteiger partial charge in [0, 0.05) is 13.6 Å². The van der Waals surface area contributed by atoms with Crippen molar-refractivity contribution in [2.75, 3.05) is 0 Å². The van der Waals surface area contributed by atoms with Crippen LogP contribution in [0.1, 0.15) is 37.5 Å². The van der Waals surface area contributed by atoms with Crippen molar-refractivity contribution in [2.45, 2.75) is 19.6 Å². The highest BCUT2D eigenvalue weighted by Gasteiger charge is 2.31. The maximum absolute atomic E-state index is 13.0. The van der Waals surface area contributed by atoms with E-state index >= 15 is 0 Å². The molecular formula is C21H18F3N3O4.